The van der Waals surface area contributed by atoms with Crippen molar-refractivity contribution < 1.29 is 14.3 Å². The number of ether oxygens (including phenoxy) is 1. The number of amides is 2. The van der Waals surface area contributed by atoms with E-state index in [0.717, 1.165) is 22.0 Å². The number of para-hydroxylation sites is 1. The fourth-order valence-electron chi connectivity index (χ4n) is 3.25. The van der Waals surface area contributed by atoms with Crippen molar-refractivity contribution in [1.29, 1.82) is 0 Å². The normalized spacial score (nSPS) is 12.2. The maximum atomic E-state index is 13.2. The van der Waals surface area contributed by atoms with Gasteiger partial charge in [0.2, 0.25) is 5.91 Å². The van der Waals surface area contributed by atoms with Crippen LogP contribution in [0.25, 0.3) is 0 Å². The largest absolute Gasteiger partial charge is 0.483 e. The number of nitrogens with one attached hydrogen (secondary N) is 1. The summed E-state index contributed by atoms with van der Waals surface area (Å²) in [4.78, 5) is 27.4. The van der Waals surface area contributed by atoms with Crippen molar-refractivity contribution in [2.45, 2.75) is 59.0 Å². The minimum absolute atomic E-state index is 0.108. The van der Waals surface area contributed by atoms with Gasteiger partial charge in [-0.25, -0.2) is 0 Å². The maximum absolute atomic E-state index is 13.2. The number of nitrogens with zero attached hydrogens (tertiary/aromatic N) is 1. The Morgan fingerprint density at radius 1 is 1.13 bits per heavy atom. The molecule has 2 rings (SSSR count). The average Bonchev–Trinajstić information content (AvgIpc) is 2.73. The van der Waals surface area contributed by atoms with Gasteiger partial charge in [-0.2, -0.15) is 0 Å². The van der Waals surface area contributed by atoms with Crippen LogP contribution in [0.4, 0.5) is 0 Å². The molecule has 0 spiro atoms. The summed E-state index contributed by atoms with van der Waals surface area (Å²) in [6.45, 7) is 10.8. The SMILES string of the molecule is CCCNC(=O)[C@H](C)N(Cc1cccc(Br)c1)C(=O)COc1ccccc1C(C)(C)C. The van der Waals surface area contributed by atoms with Gasteiger partial charge in [-0.15, -0.1) is 0 Å². The lowest BCUT2D eigenvalue weighted by Crippen LogP contribution is -2.49. The van der Waals surface area contributed by atoms with Gasteiger partial charge in [0.1, 0.15) is 11.8 Å². The van der Waals surface area contributed by atoms with Gasteiger partial charge in [-0.3, -0.25) is 9.59 Å². The molecule has 0 aliphatic heterocycles. The van der Waals surface area contributed by atoms with Crippen molar-refractivity contribution >= 4 is 27.7 Å². The maximum Gasteiger partial charge on any atom is 0.261 e. The van der Waals surface area contributed by atoms with Gasteiger partial charge in [0.05, 0.1) is 0 Å². The minimum Gasteiger partial charge on any atom is -0.483 e. The molecule has 0 heterocycles. The number of rotatable bonds is 9. The van der Waals surface area contributed by atoms with Crippen molar-refractivity contribution in [2.75, 3.05) is 13.2 Å². The number of carbonyl (C=O) groups excluding carboxylic acids is 2. The lowest BCUT2D eigenvalue weighted by molar-refractivity contribution is -0.142. The molecule has 0 saturated heterocycles. The highest BCUT2D eigenvalue weighted by molar-refractivity contribution is 9.10. The lowest BCUT2D eigenvalue weighted by Gasteiger charge is -2.29. The van der Waals surface area contributed by atoms with Crippen LogP contribution in [0, 0.1) is 0 Å². The Morgan fingerprint density at radius 2 is 1.84 bits per heavy atom. The topological polar surface area (TPSA) is 58.6 Å². The van der Waals surface area contributed by atoms with Crippen LogP contribution in [0.5, 0.6) is 5.75 Å². The van der Waals surface area contributed by atoms with Crippen molar-refractivity contribution in [3.05, 3.63) is 64.1 Å². The highest BCUT2D eigenvalue weighted by Crippen LogP contribution is 2.31. The van der Waals surface area contributed by atoms with E-state index >= 15 is 0 Å². The summed E-state index contributed by atoms with van der Waals surface area (Å²) in [6.07, 6.45) is 0.838. The molecule has 2 aromatic rings. The second-order valence-electron chi connectivity index (χ2n) is 8.65. The van der Waals surface area contributed by atoms with E-state index in [1.165, 1.54) is 0 Å². The Balaban J connectivity index is 2.21. The van der Waals surface area contributed by atoms with Gasteiger partial charge < -0.3 is 15.0 Å². The molecule has 0 aliphatic rings. The smallest absolute Gasteiger partial charge is 0.261 e. The monoisotopic (exact) mass is 488 g/mol. The van der Waals surface area contributed by atoms with Crippen molar-refractivity contribution in [3.8, 4) is 5.75 Å². The molecule has 1 atom stereocenters. The molecule has 1 N–H and O–H groups in total. The Labute approximate surface area is 194 Å². The highest BCUT2D eigenvalue weighted by atomic mass is 79.9. The van der Waals surface area contributed by atoms with Crippen LogP contribution < -0.4 is 10.1 Å². The first-order chi connectivity index (χ1) is 14.6. The van der Waals surface area contributed by atoms with E-state index in [9.17, 15) is 9.59 Å². The Morgan fingerprint density at radius 3 is 2.48 bits per heavy atom. The zero-order valence-electron chi connectivity index (χ0n) is 19.1. The van der Waals surface area contributed by atoms with Crippen molar-refractivity contribution in [3.63, 3.8) is 0 Å². The summed E-state index contributed by atoms with van der Waals surface area (Å²) in [5, 5.41) is 2.88. The number of hydrogen-bond donors (Lipinski definition) is 1. The van der Waals surface area contributed by atoms with Crippen LogP contribution in [0.15, 0.2) is 53.0 Å². The zero-order valence-corrected chi connectivity index (χ0v) is 20.7. The second kappa shape index (κ2) is 11.3. The Kier molecular flexibility index (Phi) is 9.11. The molecule has 2 aromatic carbocycles. The van der Waals surface area contributed by atoms with Crippen molar-refractivity contribution in [2.24, 2.45) is 0 Å². The molecular weight excluding hydrogens is 456 g/mol. The van der Waals surface area contributed by atoms with Gasteiger partial charge in [-0.05, 0) is 48.1 Å². The molecular formula is C25H33BrN2O3. The summed E-state index contributed by atoms with van der Waals surface area (Å²) in [5.74, 6) is 0.289. The molecule has 0 fully saturated rings. The first kappa shape index (κ1) is 24.9. The van der Waals surface area contributed by atoms with Crippen LogP contribution in [-0.2, 0) is 21.5 Å². The van der Waals surface area contributed by atoms with Crippen LogP contribution in [0.3, 0.4) is 0 Å². The molecule has 0 aliphatic carbocycles. The fourth-order valence-corrected chi connectivity index (χ4v) is 3.69. The molecule has 31 heavy (non-hydrogen) atoms. The average molecular weight is 489 g/mol. The van der Waals surface area contributed by atoms with E-state index in [4.69, 9.17) is 4.74 Å². The zero-order chi connectivity index (χ0) is 23.0. The molecule has 0 aromatic heterocycles. The van der Waals surface area contributed by atoms with E-state index < -0.39 is 6.04 Å². The molecule has 0 unspecified atom stereocenters. The second-order valence-corrected chi connectivity index (χ2v) is 9.57. The molecule has 5 nitrogen and oxygen atoms in total. The fraction of sp³-hybridized carbons (Fsp3) is 0.440. The van der Waals surface area contributed by atoms with Crippen LogP contribution in [0.1, 0.15) is 52.2 Å². The quantitative estimate of drug-likeness (QED) is 0.535. The molecule has 2 amide bonds. The predicted octanol–water partition coefficient (Wildman–Crippen LogP) is 5.07. The Bertz CT molecular complexity index is 892. The van der Waals surface area contributed by atoms with E-state index in [2.05, 4.69) is 42.0 Å². The molecule has 6 heteroatoms. The number of halogens is 1. The molecule has 0 radical (unpaired) electrons. The third-order valence-electron chi connectivity index (χ3n) is 5.00. The first-order valence-electron chi connectivity index (χ1n) is 10.7. The van der Waals surface area contributed by atoms with E-state index in [0.29, 0.717) is 18.8 Å². The van der Waals surface area contributed by atoms with E-state index in [1.807, 2.05) is 55.5 Å². The predicted molar refractivity (Wildman–Crippen MR) is 128 cm³/mol. The summed E-state index contributed by atoms with van der Waals surface area (Å²) in [6, 6.07) is 14.9. The highest BCUT2D eigenvalue weighted by Gasteiger charge is 2.27. The number of carbonyl (C=O) groups is 2. The molecule has 0 bridgehead atoms. The van der Waals surface area contributed by atoms with Crippen LogP contribution in [-0.4, -0.2) is 35.9 Å². The first-order valence-corrected chi connectivity index (χ1v) is 11.5. The lowest BCUT2D eigenvalue weighted by atomic mass is 9.86. The third kappa shape index (κ3) is 7.39. The van der Waals surface area contributed by atoms with Gasteiger partial charge in [0.25, 0.3) is 5.91 Å². The van der Waals surface area contributed by atoms with E-state index in [1.54, 1.807) is 11.8 Å². The third-order valence-corrected chi connectivity index (χ3v) is 5.50. The molecule has 0 saturated carbocycles. The van der Waals surface area contributed by atoms with Gasteiger partial charge in [0, 0.05) is 17.6 Å². The van der Waals surface area contributed by atoms with Crippen molar-refractivity contribution in [1.82, 2.24) is 10.2 Å². The summed E-state index contributed by atoms with van der Waals surface area (Å²) < 4.78 is 6.87. The summed E-state index contributed by atoms with van der Waals surface area (Å²) >= 11 is 3.47. The summed E-state index contributed by atoms with van der Waals surface area (Å²) in [7, 11) is 0. The Hall–Kier alpha value is -2.34. The number of benzene rings is 2. The molecule has 168 valence electrons. The van der Waals surface area contributed by atoms with Crippen LogP contribution in [0.2, 0.25) is 0 Å². The van der Waals surface area contributed by atoms with Gasteiger partial charge in [-0.1, -0.05) is 74.0 Å². The van der Waals surface area contributed by atoms with Gasteiger partial charge >= 0.3 is 0 Å². The van der Waals surface area contributed by atoms with Crippen LogP contribution >= 0.6 is 15.9 Å². The number of hydrogen-bond acceptors (Lipinski definition) is 3. The standard InChI is InChI=1S/C25H33BrN2O3/c1-6-14-27-24(30)18(2)28(16-19-10-9-11-20(26)15-19)23(29)17-31-22-13-8-7-12-21(22)25(3,4)5/h7-13,15,18H,6,14,16-17H2,1-5H3,(H,27,30)/t18-/m0/s1. The van der Waals surface area contributed by atoms with Gasteiger partial charge in [0.15, 0.2) is 6.61 Å². The van der Waals surface area contributed by atoms with E-state index in [-0.39, 0.29) is 23.8 Å². The minimum atomic E-state index is -0.612. The summed E-state index contributed by atoms with van der Waals surface area (Å²) in [5.41, 5.74) is 1.87.